The molecular weight excluding hydrogens is 338 g/mol. The SMILES string of the molecule is CC(C)NC(C(N)=O)c1ncc(Br)cc1Br. The van der Waals surface area contributed by atoms with Gasteiger partial charge in [-0.3, -0.25) is 15.1 Å². The van der Waals surface area contributed by atoms with Gasteiger partial charge in [-0.05, 0) is 51.8 Å². The van der Waals surface area contributed by atoms with Gasteiger partial charge in [0, 0.05) is 21.2 Å². The lowest BCUT2D eigenvalue weighted by atomic mass is 10.1. The molecule has 0 radical (unpaired) electrons. The second kappa shape index (κ2) is 5.75. The van der Waals surface area contributed by atoms with Gasteiger partial charge in [0.15, 0.2) is 0 Å². The fourth-order valence-corrected chi connectivity index (χ4v) is 2.48. The van der Waals surface area contributed by atoms with Crippen LogP contribution in [0.5, 0.6) is 0 Å². The van der Waals surface area contributed by atoms with E-state index in [1.165, 1.54) is 0 Å². The minimum Gasteiger partial charge on any atom is -0.368 e. The summed E-state index contributed by atoms with van der Waals surface area (Å²) in [6, 6.07) is 1.40. The van der Waals surface area contributed by atoms with Gasteiger partial charge in [-0.25, -0.2) is 0 Å². The van der Waals surface area contributed by atoms with Crippen LogP contribution in [0.3, 0.4) is 0 Å². The van der Waals surface area contributed by atoms with Gasteiger partial charge >= 0.3 is 0 Å². The molecule has 0 spiro atoms. The summed E-state index contributed by atoms with van der Waals surface area (Å²) in [4.78, 5) is 15.6. The van der Waals surface area contributed by atoms with Crippen LogP contribution >= 0.6 is 31.9 Å². The predicted molar refractivity (Wildman–Crippen MR) is 69.8 cm³/mol. The average Bonchev–Trinajstić information content (AvgIpc) is 2.14. The lowest BCUT2D eigenvalue weighted by Crippen LogP contribution is -2.38. The quantitative estimate of drug-likeness (QED) is 0.874. The number of nitrogens with one attached hydrogen (secondary N) is 1. The fourth-order valence-electron chi connectivity index (χ4n) is 1.27. The molecule has 0 aliphatic rings. The zero-order chi connectivity index (χ0) is 12.3. The molecule has 0 aromatic carbocycles. The first-order valence-electron chi connectivity index (χ1n) is 4.78. The number of carbonyl (C=O) groups is 1. The molecule has 0 saturated carbocycles. The van der Waals surface area contributed by atoms with Crippen LogP contribution in [0.15, 0.2) is 21.2 Å². The Hall–Kier alpha value is -0.460. The Morgan fingerprint density at radius 1 is 1.50 bits per heavy atom. The van der Waals surface area contributed by atoms with Crippen molar-refractivity contribution in [2.24, 2.45) is 5.73 Å². The summed E-state index contributed by atoms with van der Waals surface area (Å²) in [6.07, 6.45) is 1.64. The smallest absolute Gasteiger partial charge is 0.240 e. The second-order valence-corrected chi connectivity index (χ2v) is 5.45. The van der Waals surface area contributed by atoms with E-state index >= 15 is 0 Å². The Labute approximate surface area is 111 Å². The Morgan fingerprint density at radius 2 is 2.12 bits per heavy atom. The number of carbonyl (C=O) groups excluding carboxylic acids is 1. The number of hydrogen-bond acceptors (Lipinski definition) is 3. The molecule has 1 amide bonds. The Bertz CT molecular complexity index is 396. The average molecular weight is 351 g/mol. The maximum Gasteiger partial charge on any atom is 0.240 e. The maximum atomic E-state index is 11.4. The van der Waals surface area contributed by atoms with E-state index in [0.29, 0.717) is 5.69 Å². The number of rotatable bonds is 4. The standard InChI is InChI=1S/C10H13Br2N3O/c1-5(2)15-9(10(13)16)8-7(12)3-6(11)4-14-8/h3-5,9,15H,1-2H3,(H2,13,16). The number of nitrogens with zero attached hydrogens (tertiary/aromatic N) is 1. The lowest BCUT2D eigenvalue weighted by molar-refractivity contribution is -0.120. The first-order valence-corrected chi connectivity index (χ1v) is 6.36. The third-order valence-corrected chi connectivity index (χ3v) is 2.96. The highest BCUT2D eigenvalue weighted by atomic mass is 79.9. The van der Waals surface area contributed by atoms with Crippen molar-refractivity contribution in [1.82, 2.24) is 10.3 Å². The number of primary amides is 1. The van der Waals surface area contributed by atoms with E-state index in [2.05, 4.69) is 42.2 Å². The summed E-state index contributed by atoms with van der Waals surface area (Å²) in [6.45, 7) is 3.89. The molecule has 1 aromatic rings. The van der Waals surface area contributed by atoms with Gasteiger partial charge in [-0.2, -0.15) is 0 Å². The number of nitrogens with two attached hydrogens (primary N) is 1. The first kappa shape index (κ1) is 13.6. The van der Waals surface area contributed by atoms with Gasteiger partial charge in [0.05, 0.1) is 5.69 Å². The molecule has 3 N–H and O–H groups in total. The van der Waals surface area contributed by atoms with Crippen molar-refractivity contribution in [1.29, 1.82) is 0 Å². The summed E-state index contributed by atoms with van der Waals surface area (Å²) in [5, 5.41) is 3.07. The Kier molecular flexibility index (Phi) is 4.89. The number of halogens is 2. The highest BCUT2D eigenvalue weighted by molar-refractivity contribution is 9.11. The topological polar surface area (TPSA) is 68.0 Å². The third-order valence-electron chi connectivity index (χ3n) is 1.89. The fraction of sp³-hybridized carbons (Fsp3) is 0.400. The summed E-state index contributed by atoms with van der Waals surface area (Å²) in [5.41, 5.74) is 5.95. The zero-order valence-corrected chi connectivity index (χ0v) is 12.2. The lowest BCUT2D eigenvalue weighted by Gasteiger charge is -2.18. The monoisotopic (exact) mass is 349 g/mol. The van der Waals surface area contributed by atoms with E-state index in [0.717, 1.165) is 8.95 Å². The molecule has 0 aliphatic carbocycles. The van der Waals surface area contributed by atoms with Gasteiger partial charge < -0.3 is 5.73 Å². The molecule has 1 aromatic heterocycles. The molecule has 0 aliphatic heterocycles. The van der Waals surface area contributed by atoms with E-state index in [9.17, 15) is 4.79 Å². The van der Waals surface area contributed by atoms with E-state index < -0.39 is 11.9 Å². The predicted octanol–water partition coefficient (Wildman–Crippen LogP) is 2.13. The van der Waals surface area contributed by atoms with E-state index in [-0.39, 0.29) is 6.04 Å². The van der Waals surface area contributed by atoms with Crippen molar-refractivity contribution in [3.05, 3.63) is 26.9 Å². The van der Waals surface area contributed by atoms with Crippen molar-refractivity contribution in [3.63, 3.8) is 0 Å². The maximum absolute atomic E-state index is 11.4. The summed E-state index contributed by atoms with van der Waals surface area (Å²) >= 11 is 6.67. The molecule has 0 saturated heterocycles. The van der Waals surface area contributed by atoms with Crippen LogP contribution in [0, 0.1) is 0 Å². The third kappa shape index (κ3) is 3.54. The molecule has 1 rings (SSSR count). The number of pyridine rings is 1. The van der Waals surface area contributed by atoms with Gasteiger partial charge in [0.1, 0.15) is 6.04 Å². The number of hydrogen-bond donors (Lipinski definition) is 2. The van der Waals surface area contributed by atoms with E-state index in [4.69, 9.17) is 5.73 Å². The molecule has 1 heterocycles. The minimum absolute atomic E-state index is 0.148. The van der Waals surface area contributed by atoms with Gasteiger partial charge in [-0.1, -0.05) is 0 Å². The Balaban J connectivity index is 3.06. The second-order valence-electron chi connectivity index (χ2n) is 3.68. The Morgan fingerprint density at radius 3 is 2.56 bits per heavy atom. The number of aromatic nitrogens is 1. The molecule has 4 nitrogen and oxygen atoms in total. The van der Waals surface area contributed by atoms with Crippen LogP contribution in [-0.4, -0.2) is 16.9 Å². The van der Waals surface area contributed by atoms with Gasteiger partial charge in [-0.15, -0.1) is 0 Å². The molecule has 0 fully saturated rings. The highest BCUT2D eigenvalue weighted by Crippen LogP contribution is 2.24. The van der Waals surface area contributed by atoms with Gasteiger partial charge in [0.25, 0.3) is 0 Å². The summed E-state index contributed by atoms with van der Waals surface area (Å²) < 4.78 is 1.59. The van der Waals surface area contributed by atoms with Crippen LogP contribution < -0.4 is 11.1 Å². The van der Waals surface area contributed by atoms with Crippen LogP contribution in [0.4, 0.5) is 0 Å². The largest absolute Gasteiger partial charge is 0.368 e. The van der Waals surface area contributed by atoms with Crippen LogP contribution in [0.25, 0.3) is 0 Å². The minimum atomic E-state index is -0.581. The molecule has 88 valence electrons. The first-order chi connectivity index (χ1) is 7.41. The highest BCUT2D eigenvalue weighted by Gasteiger charge is 2.22. The van der Waals surface area contributed by atoms with Crippen LogP contribution in [-0.2, 0) is 4.79 Å². The molecule has 16 heavy (non-hydrogen) atoms. The van der Waals surface area contributed by atoms with E-state index in [1.807, 2.05) is 19.9 Å². The summed E-state index contributed by atoms with van der Waals surface area (Å²) in [7, 11) is 0. The van der Waals surface area contributed by atoms with Crippen LogP contribution in [0.1, 0.15) is 25.6 Å². The molecule has 0 bridgehead atoms. The normalized spacial score (nSPS) is 12.8. The van der Waals surface area contributed by atoms with Crippen LogP contribution in [0.2, 0.25) is 0 Å². The zero-order valence-electron chi connectivity index (χ0n) is 9.00. The summed E-state index contributed by atoms with van der Waals surface area (Å²) in [5.74, 6) is -0.441. The van der Waals surface area contributed by atoms with Crippen molar-refractivity contribution in [2.45, 2.75) is 25.9 Å². The van der Waals surface area contributed by atoms with Gasteiger partial charge in [0.2, 0.25) is 5.91 Å². The van der Waals surface area contributed by atoms with Crippen molar-refractivity contribution in [2.75, 3.05) is 0 Å². The molecular formula is C10H13Br2N3O. The molecule has 1 unspecified atom stereocenters. The number of amides is 1. The van der Waals surface area contributed by atoms with E-state index in [1.54, 1.807) is 6.20 Å². The van der Waals surface area contributed by atoms with Crippen molar-refractivity contribution < 1.29 is 4.79 Å². The van der Waals surface area contributed by atoms with Crippen molar-refractivity contribution >= 4 is 37.8 Å². The molecule has 1 atom stereocenters. The van der Waals surface area contributed by atoms with Crippen molar-refractivity contribution in [3.8, 4) is 0 Å². The molecule has 6 heteroatoms.